The van der Waals surface area contributed by atoms with Gasteiger partial charge in [0.2, 0.25) is 0 Å². The molecule has 0 aromatic heterocycles. The van der Waals surface area contributed by atoms with Crippen LogP contribution in [-0.2, 0) is 16.6 Å². The minimum atomic E-state index is 0. The van der Waals surface area contributed by atoms with Gasteiger partial charge in [-0.1, -0.05) is 12.1 Å². The fraction of sp³-hybridized carbons (Fsp3) is 0. The monoisotopic (exact) mass is 466 g/mol. The van der Waals surface area contributed by atoms with Crippen LogP contribution in [0.1, 0.15) is 0 Å². The van der Waals surface area contributed by atoms with E-state index in [1.807, 2.05) is 0 Å². The molecule has 0 fully saturated rings. The molecule has 0 unspecified atom stereocenters. The zero-order chi connectivity index (χ0) is 14.9. The van der Waals surface area contributed by atoms with E-state index in [1.54, 1.807) is 0 Å². The van der Waals surface area contributed by atoms with Crippen molar-refractivity contribution in [2.45, 2.75) is 0 Å². The molecule has 27 heavy (non-hydrogen) atoms. The molecule has 0 nitrogen and oxygen atoms in total. The van der Waals surface area contributed by atoms with Crippen LogP contribution in [-0.4, -0.2) is 15.3 Å². The predicted octanol–water partition coefficient (Wildman–Crippen LogP) is 7.00. The number of benzene rings is 2. The van der Waals surface area contributed by atoms with E-state index >= 15 is 0 Å². The van der Waals surface area contributed by atoms with Crippen LogP contribution >= 0.6 is 24.8 Å². The van der Waals surface area contributed by atoms with Crippen molar-refractivity contribution < 1.29 is 16.6 Å². The molecule has 0 bridgehead atoms. The average molecular weight is 467 g/mol. The van der Waals surface area contributed by atoms with Gasteiger partial charge in [0.05, 0.1) is 0 Å². The third kappa shape index (κ3) is 12.5. The fourth-order valence-corrected chi connectivity index (χ4v) is 2.14. The van der Waals surface area contributed by atoms with Gasteiger partial charge in [0.1, 0.15) is 0 Å². The summed E-state index contributed by atoms with van der Waals surface area (Å²) in [5, 5.41) is 5.32. The molecule has 4 rings (SSSR count). The van der Waals surface area contributed by atoms with Gasteiger partial charge in [-0.2, -0.15) is 35.0 Å². The third-order valence-corrected chi connectivity index (χ3v) is 3.10. The van der Waals surface area contributed by atoms with E-state index in [4.69, 9.17) is 0 Å². The van der Waals surface area contributed by atoms with Gasteiger partial charge < -0.3 is 29.7 Å². The van der Waals surface area contributed by atoms with Crippen LogP contribution in [0.5, 0.6) is 0 Å². The number of halogens is 2. The van der Waals surface area contributed by atoms with Crippen molar-refractivity contribution in [2.75, 3.05) is 0 Å². The van der Waals surface area contributed by atoms with Gasteiger partial charge >= 0.3 is 31.9 Å². The van der Waals surface area contributed by atoms with E-state index in [0.29, 0.717) is 0 Å². The summed E-state index contributed by atoms with van der Waals surface area (Å²) >= 11 is 0.111. The van der Waals surface area contributed by atoms with Gasteiger partial charge in [0, 0.05) is 0 Å². The molecule has 4 aromatic rings. The number of fused-ring (bicyclic) bond motifs is 2. The first-order chi connectivity index (χ1) is 10.3. The Balaban J connectivity index is -0.0000000876. The summed E-state index contributed by atoms with van der Waals surface area (Å²) in [6.07, 6.45) is 0. The molecule has 5 heteroatoms. The Labute approximate surface area is 191 Å². The molecule has 0 amide bonds. The maximum absolute atomic E-state index is 3.22. The Morgan fingerprint density at radius 3 is 1.15 bits per heavy atom. The van der Waals surface area contributed by atoms with Crippen LogP contribution in [0.15, 0.2) is 84.9 Å². The van der Waals surface area contributed by atoms with Gasteiger partial charge in [0.15, 0.2) is 0 Å². The first-order valence-electron chi connectivity index (χ1n) is 6.64. The molecule has 0 aliphatic heterocycles. The summed E-state index contributed by atoms with van der Waals surface area (Å²) in [5.41, 5.74) is 0. The Kier molecular flexibility index (Phi) is 29.9. The predicted molar refractivity (Wildman–Crippen MR) is 131 cm³/mol. The van der Waals surface area contributed by atoms with Gasteiger partial charge in [-0.05, 0) is 0 Å². The second kappa shape index (κ2) is 21.7. The Morgan fingerprint density at radius 1 is 0.556 bits per heavy atom. The minimum absolute atomic E-state index is 0. The molecule has 0 spiro atoms. The van der Waals surface area contributed by atoms with Crippen LogP contribution in [0.25, 0.3) is 21.5 Å². The van der Waals surface area contributed by atoms with Gasteiger partial charge in [0.25, 0.3) is 0 Å². The van der Waals surface area contributed by atoms with E-state index < -0.39 is 0 Å². The molecule has 0 saturated carbocycles. The van der Waals surface area contributed by atoms with Crippen molar-refractivity contribution in [3.63, 3.8) is 0 Å². The topological polar surface area (TPSA) is 0 Å². The van der Waals surface area contributed by atoms with Crippen molar-refractivity contribution in [1.82, 2.24) is 0 Å². The van der Waals surface area contributed by atoms with E-state index in [9.17, 15) is 0 Å². The van der Waals surface area contributed by atoms with Gasteiger partial charge in [-0.3, -0.25) is 0 Å². The van der Waals surface area contributed by atoms with Crippen molar-refractivity contribution >= 4 is 61.6 Å². The molecule has 4 radical (unpaired) electrons. The Morgan fingerprint density at radius 2 is 0.852 bits per heavy atom. The zero-order valence-corrected chi connectivity index (χ0v) is 21.6. The molecular formula is C22H28Cl2Si2Ti-6. The molecule has 0 saturated heterocycles. The molecule has 0 aliphatic rings. The average Bonchev–Trinajstić information content (AvgIpc) is 3.17. The molecule has 4 aromatic carbocycles. The first kappa shape index (κ1) is 37.2. The molecule has 0 atom stereocenters. The van der Waals surface area contributed by atoms with Crippen LogP contribution in [0.2, 0.25) is 0 Å². The van der Waals surface area contributed by atoms with Crippen molar-refractivity contribution in [1.29, 1.82) is 0 Å². The summed E-state index contributed by atoms with van der Waals surface area (Å²) in [6.45, 7) is 0. The normalized spacial score (nSPS) is 7.11. The SMILES string of the molecule is Cl.Cl.[CH3-].[CH3-].[CH3-].[CH3-].[Si]=[Ti]=[Si].c1ccc2[cH-]ccc2c1.c1ccc2[cH-]ccc2c1. The standard InChI is InChI=1S/2C9H7.4CH3.2ClH.2Si.Ti/c2*1-2-5-9-7-3-6-8(9)4-1;;;;;;;;;/h2*1-7H;4*1H3;2*1H;;;/q6*-1;;;;;. The van der Waals surface area contributed by atoms with Crippen LogP contribution < -0.4 is 0 Å². The number of hydrogen-bond acceptors (Lipinski definition) is 0. The summed E-state index contributed by atoms with van der Waals surface area (Å²) in [5.74, 6) is 0. The van der Waals surface area contributed by atoms with E-state index in [-0.39, 0.29) is 71.1 Å². The summed E-state index contributed by atoms with van der Waals surface area (Å²) in [7, 11) is 6.44. The number of hydrogen-bond donors (Lipinski definition) is 0. The first-order valence-corrected chi connectivity index (χ1v) is 12.3. The van der Waals surface area contributed by atoms with Gasteiger partial charge in [-0.15, -0.1) is 84.1 Å². The molecule has 0 N–H and O–H groups in total. The second-order valence-electron chi connectivity index (χ2n) is 4.43. The third-order valence-electron chi connectivity index (χ3n) is 3.10. The van der Waals surface area contributed by atoms with Crippen LogP contribution in [0.3, 0.4) is 0 Å². The minimum Gasteiger partial charge on any atom is -0.168 e. The Hall–Kier alpha value is -0.612. The van der Waals surface area contributed by atoms with Crippen molar-refractivity contribution in [3.05, 3.63) is 115 Å². The maximum Gasteiger partial charge on any atom is -0.0809 e. The van der Waals surface area contributed by atoms with Crippen molar-refractivity contribution in [2.24, 2.45) is 0 Å². The van der Waals surface area contributed by atoms with Gasteiger partial charge in [-0.25, -0.2) is 0 Å². The molecule has 148 valence electrons. The van der Waals surface area contributed by atoms with E-state index in [2.05, 4.69) is 100 Å². The smallest absolute Gasteiger partial charge is 0.0809 e. The number of rotatable bonds is 0. The second-order valence-corrected chi connectivity index (χ2v) is 8.95. The molecular weight excluding hydrogens is 439 g/mol. The summed E-state index contributed by atoms with van der Waals surface area (Å²) in [4.78, 5) is 0. The summed E-state index contributed by atoms with van der Waals surface area (Å²) in [6, 6.07) is 29.3. The van der Waals surface area contributed by atoms with Crippen LogP contribution in [0.4, 0.5) is 0 Å². The van der Waals surface area contributed by atoms with E-state index in [0.717, 1.165) is 0 Å². The summed E-state index contributed by atoms with van der Waals surface area (Å²) < 4.78 is 0. The quantitative estimate of drug-likeness (QED) is 0.193. The largest absolute Gasteiger partial charge is 0.168 e. The zero-order valence-electron chi connectivity index (χ0n) is 16.4. The van der Waals surface area contributed by atoms with E-state index in [1.165, 1.54) is 21.5 Å². The Bertz CT molecular complexity index is 721. The van der Waals surface area contributed by atoms with Crippen molar-refractivity contribution in [3.8, 4) is 0 Å². The molecule has 0 aliphatic carbocycles. The maximum atomic E-state index is 3.22. The molecule has 0 heterocycles. The fourth-order valence-electron chi connectivity index (χ4n) is 2.14. The van der Waals surface area contributed by atoms with Crippen LogP contribution in [0, 0.1) is 29.7 Å².